The van der Waals surface area contributed by atoms with Gasteiger partial charge in [0.15, 0.2) is 0 Å². The van der Waals surface area contributed by atoms with Crippen molar-refractivity contribution in [3.63, 3.8) is 0 Å². The standard InChI is InChI=1S/C23H26N6O2S2/c1-13-14(2)32-21(19(13)20-27-26-15(3)31-20)25-23(30)24-11-17-16-7-10-28(4)12-18(16)33-22(17)29-8-5-6-9-29/h5-6,8-9H,7,10-12H2,1-4H3,(H2,24,25,30). The molecule has 0 saturated heterocycles. The Morgan fingerprint density at radius 2 is 1.97 bits per heavy atom. The molecule has 5 heterocycles. The van der Waals surface area contributed by atoms with Crippen LogP contribution in [0.4, 0.5) is 9.80 Å². The molecule has 172 valence electrons. The van der Waals surface area contributed by atoms with Crippen molar-refractivity contribution < 1.29 is 9.21 Å². The fourth-order valence-electron chi connectivity index (χ4n) is 4.13. The molecule has 4 aromatic heterocycles. The summed E-state index contributed by atoms with van der Waals surface area (Å²) in [5.41, 5.74) is 4.38. The van der Waals surface area contributed by atoms with Gasteiger partial charge >= 0.3 is 6.03 Å². The highest BCUT2D eigenvalue weighted by molar-refractivity contribution is 7.17. The number of urea groups is 1. The minimum atomic E-state index is -0.250. The Labute approximate surface area is 200 Å². The molecule has 5 rings (SSSR count). The van der Waals surface area contributed by atoms with Gasteiger partial charge in [-0.1, -0.05) is 0 Å². The van der Waals surface area contributed by atoms with Gasteiger partial charge in [-0.15, -0.1) is 32.9 Å². The zero-order valence-corrected chi connectivity index (χ0v) is 20.7. The van der Waals surface area contributed by atoms with Crippen LogP contribution in [0.25, 0.3) is 16.5 Å². The van der Waals surface area contributed by atoms with Crippen molar-refractivity contribution in [1.82, 2.24) is 25.0 Å². The highest BCUT2D eigenvalue weighted by Crippen LogP contribution is 2.40. The lowest BCUT2D eigenvalue weighted by Crippen LogP contribution is -2.30. The minimum absolute atomic E-state index is 0.250. The summed E-state index contributed by atoms with van der Waals surface area (Å²) in [6, 6.07) is 3.80. The van der Waals surface area contributed by atoms with Gasteiger partial charge in [-0.2, -0.15) is 0 Å². The summed E-state index contributed by atoms with van der Waals surface area (Å²) in [6.45, 7) is 8.21. The Hall–Kier alpha value is -2.95. The maximum atomic E-state index is 12.9. The number of hydrogen-bond acceptors (Lipinski definition) is 7. The van der Waals surface area contributed by atoms with E-state index in [0.717, 1.165) is 35.5 Å². The average Bonchev–Trinajstić information content (AvgIpc) is 3.55. The van der Waals surface area contributed by atoms with Crippen LogP contribution < -0.4 is 10.6 Å². The number of hydrogen-bond donors (Lipinski definition) is 2. The summed E-state index contributed by atoms with van der Waals surface area (Å²) in [6.07, 6.45) is 5.10. The number of aromatic nitrogens is 3. The van der Waals surface area contributed by atoms with Gasteiger partial charge < -0.3 is 19.2 Å². The molecule has 0 spiro atoms. The van der Waals surface area contributed by atoms with Crippen molar-refractivity contribution in [2.24, 2.45) is 0 Å². The fraction of sp³-hybridized carbons (Fsp3) is 0.348. The highest BCUT2D eigenvalue weighted by Gasteiger charge is 2.25. The van der Waals surface area contributed by atoms with Gasteiger partial charge in [0, 0.05) is 54.3 Å². The molecule has 0 fully saturated rings. The number of amides is 2. The number of carbonyl (C=O) groups is 1. The molecule has 2 N–H and O–H groups in total. The normalized spacial score (nSPS) is 13.8. The maximum Gasteiger partial charge on any atom is 0.320 e. The van der Waals surface area contributed by atoms with Crippen LogP contribution in [-0.2, 0) is 19.5 Å². The van der Waals surface area contributed by atoms with Crippen molar-refractivity contribution in [1.29, 1.82) is 0 Å². The molecular formula is C23H26N6O2S2. The summed E-state index contributed by atoms with van der Waals surface area (Å²) in [5.74, 6) is 0.921. The summed E-state index contributed by atoms with van der Waals surface area (Å²) < 4.78 is 7.78. The van der Waals surface area contributed by atoms with E-state index in [1.54, 1.807) is 6.92 Å². The van der Waals surface area contributed by atoms with Crippen LogP contribution in [-0.4, -0.2) is 39.3 Å². The third-order valence-electron chi connectivity index (χ3n) is 5.95. The van der Waals surface area contributed by atoms with Crippen LogP contribution in [0.1, 0.15) is 32.3 Å². The smallest absolute Gasteiger partial charge is 0.320 e. The predicted octanol–water partition coefficient (Wildman–Crippen LogP) is 4.89. The highest BCUT2D eigenvalue weighted by atomic mass is 32.1. The van der Waals surface area contributed by atoms with Gasteiger partial charge in [0.2, 0.25) is 5.89 Å². The largest absolute Gasteiger partial charge is 0.421 e. The number of nitrogens with zero attached hydrogens (tertiary/aromatic N) is 4. The molecule has 0 atom stereocenters. The first-order valence-electron chi connectivity index (χ1n) is 10.8. The lowest BCUT2D eigenvalue weighted by Gasteiger charge is -2.22. The SMILES string of the molecule is Cc1nnc(-c2c(NC(=O)NCc3c(-n4cccc4)sc4c3CCN(C)C4)sc(C)c2C)o1. The number of thiophene rings is 2. The van der Waals surface area contributed by atoms with Crippen molar-refractivity contribution in [2.75, 3.05) is 18.9 Å². The van der Waals surface area contributed by atoms with Crippen molar-refractivity contribution in [3.8, 4) is 16.5 Å². The quantitative estimate of drug-likeness (QED) is 0.423. The Kier molecular flexibility index (Phi) is 5.81. The van der Waals surface area contributed by atoms with E-state index >= 15 is 0 Å². The summed E-state index contributed by atoms with van der Waals surface area (Å²) >= 11 is 3.32. The van der Waals surface area contributed by atoms with Crippen LogP contribution in [0, 0.1) is 20.8 Å². The second-order valence-electron chi connectivity index (χ2n) is 8.29. The Balaban J connectivity index is 1.37. The van der Waals surface area contributed by atoms with Crippen LogP contribution in [0.5, 0.6) is 0 Å². The van der Waals surface area contributed by atoms with E-state index in [1.165, 1.54) is 32.3 Å². The predicted molar refractivity (Wildman–Crippen MR) is 131 cm³/mol. The molecule has 0 radical (unpaired) electrons. The number of nitrogens with one attached hydrogen (secondary N) is 2. The number of rotatable bonds is 5. The fourth-order valence-corrected chi connectivity index (χ4v) is 6.59. The first kappa shape index (κ1) is 21.9. The zero-order chi connectivity index (χ0) is 23.1. The van der Waals surface area contributed by atoms with E-state index in [-0.39, 0.29) is 6.03 Å². The summed E-state index contributed by atoms with van der Waals surface area (Å²) in [7, 11) is 2.15. The molecule has 0 saturated carbocycles. The molecule has 1 aliphatic heterocycles. The number of likely N-dealkylation sites (N-methyl/N-ethyl adjacent to an activating group) is 1. The van der Waals surface area contributed by atoms with Crippen LogP contribution in [0.15, 0.2) is 28.9 Å². The molecule has 0 aliphatic carbocycles. The average molecular weight is 483 g/mol. The molecule has 10 heteroatoms. The topological polar surface area (TPSA) is 88.2 Å². The lowest BCUT2D eigenvalue weighted by atomic mass is 10.0. The number of fused-ring (bicyclic) bond motifs is 1. The molecule has 1 aliphatic rings. The third kappa shape index (κ3) is 4.21. The van der Waals surface area contributed by atoms with Crippen molar-refractivity contribution >= 4 is 33.7 Å². The first-order valence-corrected chi connectivity index (χ1v) is 12.4. The monoisotopic (exact) mass is 482 g/mol. The molecule has 0 bridgehead atoms. The third-order valence-corrected chi connectivity index (χ3v) is 8.35. The molecule has 0 unspecified atom stereocenters. The van der Waals surface area contributed by atoms with E-state index < -0.39 is 0 Å². The molecular weight excluding hydrogens is 456 g/mol. The number of carbonyl (C=O) groups excluding carboxylic acids is 1. The molecule has 0 aromatic carbocycles. The van der Waals surface area contributed by atoms with E-state index in [4.69, 9.17) is 4.42 Å². The van der Waals surface area contributed by atoms with E-state index in [1.807, 2.05) is 37.3 Å². The van der Waals surface area contributed by atoms with Gasteiger partial charge in [-0.05, 0) is 50.6 Å². The van der Waals surface area contributed by atoms with Gasteiger partial charge in [-0.25, -0.2) is 4.79 Å². The molecule has 2 amide bonds. The van der Waals surface area contributed by atoms with E-state index in [2.05, 4.69) is 49.7 Å². The van der Waals surface area contributed by atoms with Crippen LogP contribution >= 0.6 is 22.7 Å². The minimum Gasteiger partial charge on any atom is -0.421 e. The second kappa shape index (κ2) is 8.77. The Bertz CT molecular complexity index is 1300. The van der Waals surface area contributed by atoms with Crippen LogP contribution in [0.3, 0.4) is 0 Å². The maximum absolute atomic E-state index is 12.9. The summed E-state index contributed by atoms with van der Waals surface area (Å²) in [4.78, 5) is 17.8. The number of anilines is 1. The van der Waals surface area contributed by atoms with Gasteiger partial charge in [0.1, 0.15) is 10.0 Å². The van der Waals surface area contributed by atoms with E-state index in [0.29, 0.717) is 23.3 Å². The molecule has 8 nitrogen and oxygen atoms in total. The van der Waals surface area contributed by atoms with E-state index in [9.17, 15) is 4.79 Å². The number of aryl methyl sites for hydroxylation is 2. The summed E-state index contributed by atoms with van der Waals surface area (Å²) in [5, 5.41) is 16.1. The van der Waals surface area contributed by atoms with Gasteiger partial charge in [0.25, 0.3) is 5.89 Å². The van der Waals surface area contributed by atoms with Crippen molar-refractivity contribution in [2.45, 2.75) is 40.3 Å². The van der Waals surface area contributed by atoms with Gasteiger partial charge in [0.05, 0.1) is 5.56 Å². The first-order chi connectivity index (χ1) is 15.9. The second-order valence-corrected chi connectivity index (χ2v) is 10.6. The van der Waals surface area contributed by atoms with Crippen LogP contribution in [0.2, 0.25) is 0 Å². The lowest BCUT2D eigenvalue weighted by molar-refractivity contribution is 0.251. The molecule has 4 aromatic rings. The van der Waals surface area contributed by atoms with Crippen molar-refractivity contribution in [3.05, 3.63) is 56.9 Å². The van der Waals surface area contributed by atoms with Gasteiger partial charge in [-0.3, -0.25) is 5.32 Å². The Morgan fingerprint density at radius 1 is 1.18 bits per heavy atom. The Morgan fingerprint density at radius 3 is 2.70 bits per heavy atom. The molecule has 33 heavy (non-hydrogen) atoms. The zero-order valence-electron chi connectivity index (χ0n) is 19.1.